The van der Waals surface area contributed by atoms with Crippen LogP contribution in [0.1, 0.15) is 19.8 Å². The molecule has 0 atom stereocenters. The van der Waals surface area contributed by atoms with Gasteiger partial charge >= 0.3 is 0 Å². The Balaban J connectivity index is 2.49. The molecule has 7 heteroatoms. The highest BCUT2D eigenvalue weighted by atomic mass is 32.2. The maximum absolute atomic E-state index is 11.6. The fourth-order valence-corrected chi connectivity index (χ4v) is 2.89. The van der Waals surface area contributed by atoms with Crippen LogP contribution in [-0.4, -0.2) is 44.6 Å². The van der Waals surface area contributed by atoms with Gasteiger partial charge in [0.15, 0.2) is 0 Å². The Bertz CT molecular complexity index is 333. The van der Waals surface area contributed by atoms with Gasteiger partial charge in [0.05, 0.1) is 12.9 Å². The van der Waals surface area contributed by atoms with Crippen molar-refractivity contribution in [2.45, 2.75) is 19.8 Å². The minimum absolute atomic E-state index is 0.113. The Hall–Kier alpha value is -0.660. The van der Waals surface area contributed by atoms with Crippen molar-refractivity contribution in [2.24, 2.45) is 5.92 Å². The average Bonchev–Trinajstić information content (AvgIpc) is 2.29. The van der Waals surface area contributed by atoms with Crippen LogP contribution in [0, 0.1) is 5.92 Å². The van der Waals surface area contributed by atoms with Crippen LogP contribution in [0.25, 0.3) is 0 Å². The van der Waals surface area contributed by atoms with E-state index >= 15 is 0 Å². The minimum atomic E-state index is -3.11. The first kappa shape index (κ1) is 13.4. The Morgan fingerprint density at radius 2 is 2.00 bits per heavy atom. The van der Waals surface area contributed by atoms with Gasteiger partial charge < -0.3 is 0 Å². The van der Waals surface area contributed by atoms with Crippen LogP contribution in [0.15, 0.2) is 0 Å². The van der Waals surface area contributed by atoms with E-state index in [9.17, 15) is 13.2 Å². The van der Waals surface area contributed by atoms with E-state index in [2.05, 4.69) is 10.3 Å². The Morgan fingerprint density at radius 1 is 1.44 bits per heavy atom. The lowest BCUT2D eigenvalue weighted by Gasteiger charge is -2.29. The van der Waals surface area contributed by atoms with E-state index < -0.39 is 10.0 Å². The molecule has 0 radical (unpaired) electrons. The van der Waals surface area contributed by atoms with E-state index in [0.29, 0.717) is 25.9 Å². The van der Waals surface area contributed by atoms with Crippen molar-refractivity contribution >= 4 is 15.9 Å². The van der Waals surface area contributed by atoms with E-state index in [1.54, 1.807) is 6.92 Å². The Labute approximate surface area is 96.0 Å². The van der Waals surface area contributed by atoms with Crippen molar-refractivity contribution in [1.82, 2.24) is 9.79 Å². The molecule has 0 unspecified atom stereocenters. The number of carbonyl (C=O) groups excluding carboxylic acids is 1. The maximum atomic E-state index is 11.6. The van der Waals surface area contributed by atoms with Crippen molar-refractivity contribution in [3.05, 3.63) is 0 Å². The van der Waals surface area contributed by atoms with Crippen LogP contribution in [0.2, 0.25) is 0 Å². The number of hydroxylamine groups is 1. The number of nitrogens with zero attached hydrogens (tertiary/aromatic N) is 1. The zero-order valence-corrected chi connectivity index (χ0v) is 10.4. The first-order valence-electron chi connectivity index (χ1n) is 5.32. The molecule has 0 aromatic rings. The molecule has 1 N–H and O–H groups in total. The average molecular weight is 250 g/mol. The fourth-order valence-electron chi connectivity index (χ4n) is 1.76. The Morgan fingerprint density at radius 3 is 2.44 bits per heavy atom. The van der Waals surface area contributed by atoms with Gasteiger partial charge in [0, 0.05) is 19.0 Å². The zero-order valence-electron chi connectivity index (χ0n) is 9.60. The molecule has 1 rings (SSSR count). The van der Waals surface area contributed by atoms with E-state index in [1.807, 2.05) is 0 Å². The molecule has 0 aromatic carbocycles. The lowest BCUT2D eigenvalue weighted by molar-refractivity contribution is -0.136. The van der Waals surface area contributed by atoms with E-state index in [0.717, 1.165) is 0 Å². The summed E-state index contributed by atoms with van der Waals surface area (Å²) in [4.78, 5) is 16.0. The fraction of sp³-hybridized carbons (Fsp3) is 0.889. The standard InChI is InChI=1S/C9H18N2O4S/c1-3-16(13,14)11-6-4-8(5-7-11)9(12)10-15-2/h8H,3-7H2,1-2H3,(H,10,12). The van der Waals surface area contributed by atoms with Gasteiger partial charge in [-0.3, -0.25) is 9.63 Å². The summed E-state index contributed by atoms with van der Waals surface area (Å²) < 4.78 is 24.6. The monoisotopic (exact) mass is 250 g/mol. The van der Waals surface area contributed by atoms with Crippen LogP contribution in [0.5, 0.6) is 0 Å². The summed E-state index contributed by atoms with van der Waals surface area (Å²) in [5.41, 5.74) is 2.28. The van der Waals surface area contributed by atoms with Crippen LogP contribution in [0.4, 0.5) is 0 Å². The van der Waals surface area contributed by atoms with Crippen LogP contribution >= 0.6 is 0 Å². The number of sulfonamides is 1. The SMILES string of the molecule is CCS(=O)(=O)N1CCC(C(=O)NOC)CC1. The zero-order chi connectivity index (χ0) is 12.2. The molecule has 1 aliphatic heterocycles. The first-order valence-corrected chi connectivity index (χ1v) is 6.92. The number of hydrogen-bond acceptors (Lipinski definition) is 4. The first-order chi connectivity index (χ1) is 7.51. The summed E-state index contributed by atoms with van der Waals surface area (Å²) >= 11 is 0. The summed E-state index contributed by atoms with van der Waals surface area (Å²) in [6, 6.07) is 0. The lowest BCUT2D eigenvalue weighted by Crippen LogP contribution is -2.43. The van der Waals surface area contributed by atoms with Crippen molar-refractivity contribution < 1.29 is 18.0 Å². The molecule has 0 bridgehead atoms. The molecule has 6 nitrogen and oxygen atoms in total. The molecular weight excluding hydrogens is 232 g/mol. The van der Waals surface area contributed by atoms with E-state index in [-0.39, 0.29) is 17.6 Å². The third-order valence-electron chi connectivity index (χ3n) is 2.79. The molecule has 1 amide bonds. The number of amides is 1. The van der Waals surface area contributed by atoms with Crippen molar-refractivity contribution in [3.63, 3.8) is 0 Å². The highest BCUT2D eigenvalue weighted by Crippen LogP contribution is 2.19. The summed E-state index contributed by atoms with van der Waals surface area (Å²) in [6.07, 6.45) is 1.10. The van der Waals surface area contributed by atoms with Crippen molar-refractivity contribution in [1.29, 1.82) is 0 Å². The van der Waals surface area contributed by atoms with Crippen molar-refractivity contribution in [2.75, 3.05) is 26.0 Å². The summed E-state index contributed by atoms with van der Waals surface area (Å²) in [5.74, 6) is -0.207. The molecule has 16 heavy (non-hydrogen) atoms. The predicted molar refractivity (Wildman–Crippen MR) is 58.9 cm³/mol. The number of hydrogen-bond donors (Lipinski definition) is 1. The number of rotatable bonds is 4. The molecule has 1 saturated heterocycles. The van der Waals surface area contributed by atoms with Gasteiger partial charge in [-0.1, -0.05) is 0 Å². The smallest absolute Gasteiger partial charge is 0.246 e. The molecule has 94 valence electrons. The summed E-state index contributed by atoms with van der Waals surface area (Å²) in [7, 11) is -1.73. The van der Waals surface area contributed by atoms with Crippen LogP contribution < -0.4 is 5.48 Å². The second-order valence-corrected chi connectivity index (χ2v) is 6.00. The summed E-state index contributed by atoms with van der Waals surface area (Å²) in [6.45, 7) is 2.45. The predicted octanol–water partition coefficient (Wildman–Crippen LogP) is -0.274. The molecule has 1 aliphatic rings. The maximum Gasteiger partial charge on any atom is 0.246 e. The quantitative estimate of drug-likeness (QED) is 0.697. The molecule has 0 saturated carbocycles. The van der Waals surface area contributed by atoms with Gasteiger partial charge in [-0.05, 0) is 19.8 Å². The Kier molecular flexibility index (Phi) is 4.69. The molecule has 0 spiro atoms. The van der Waals surface area contributed by atoms with Gasteiger partial charge in [-0.15, -0.1) is 0 Å². The topological polar surface area (TPSA) is 75.7 Å². The number of carbonyl (C=O) groups is 1. The molecule has 1 fully saturated rings. The minimum Gasteiger partial charge on any atom is -0.277 e. The van der Waals surface area contributed by atoms with E-state index in [1.165, 1.54) is 11.4 Å². The second-order valence-electron chi connectivity index (χ2n) is 3.74. The second kappa shape index (κ2) is 5.60. The molecule has 1 heterocycles. The van der Waals surface area contributed by atoms with E-state index in [4.69, 9.17) is 0 Å². The van der Waals surface area contributed by atoms with Crippen molar-refractivity contribution in [3.8, 4) is 0 Å². The van der Waals surface area contributed by atoms with Gasteiger partial charge in [0.2, 0.25) is 15.9 Å². The van der Waals surface area contributed by atoms with Crippen LogP contribution in [0.3, 0.4) is 0 Å². The largest absolute Gasteiger partial charge is 0.277 e. The molecule has 0 aliphatic carbocycles. The van der Waals surface area contributed by atoms with Gasteiger partial charge in [-0.25, -0.2) is 18.2 Å². The van der Waals surface area contributed by atoms with Crippen LogP contribution in [-0.2, 0) is 19.7 Å². The van der Waals surface area contributed by atoms with Gasteiger partial charge in [-0.2, -0.15) is 0 Å². The molecular formula is C9H18N2O4S. The highest BCUT2D eigenvalue weighted by molar-refractivity contribution is 7.89. The third-order valence-corrected chi connectivity index (χ3v) is 4.67. The molecule has 0 aromatic heterocycles. The highest BCUT2D eigenvalue weighted by Gasteiger charge is 2.29. The van der Waals surface area contributed by atoms with Gasteiger partial charge in [0.25, 0.3) is 0 Å². The third kappa shape index (κ3) is 3.16. The lowest BCUT2D eigenvalue weighted by atomic mass is 9.98. The summed E-state index contributed by atoms with van der Waals surface area (Å²) in [5, 5.41) is 0. The van der Waals surface area contributed by atoms with Gasteiger partial charge in [0.1, 0.15) is 0 Å². The number of nitrogens with one attached hydrogen (secondary N) is 1. The number of piperidine rings is 1. The normalized spacial score (nSPS) is 19.6.